The third-order valence-corrected chi connectivity index (χ3v) is 4.43. The average molecular weight is 363 g/mol. The van der Waals surface area contributed by atoms with Crippen molar-refractivity contribution in [1.82, 2.24) is 19.8 Å². The first-order chi connectivity index (χ1) is 13.3. The van der Waals surface area contributed by atoms with Gasteiger partial charge in [0, 0.05) is 39.3 Å². The standard InChI is InChI=1S/C21H25N5O/c1-2-10-22-20-17-23-19(16-24-20)21(27)26-14-12-25(13-15-26)11-6-9-18-7-4-3-5-8-18/h2-9,16-17H,1,10-15H2,(H,22,24)/b9-6+. The lowest BCUT2D eigenvalue weighted by molar-refractivity contribution is 0.0644. The minimum Gasteiger partial charge on any atom is -0.365 e. The first-order valence-corrected chi connectivity index (χ1v) is 9.16. The van der Waals surface area contributed by atoms with E-state index < -0.39 is 0 Å². The van der Waals surface area contributed by atoms with E-state index in [1.807, 2.05) is 23.1 Å². The van der Waals surface area contributed by atoms with Gasteiger partial charge in [-0.15, -0.1) is 6.58 Å². The highest BCUT2D eigenvalue weighted by atomic mass is 16.2. The van der Waals surface area contributed by atoms with Gasteiger partial charge in [0.05, 0.1) is 12.4 Å². The molecule has 0 aliphatic carbocycles. The van der Waals surface area contributed by atoms with E-state index >= 15 is 0 Å². The lowest BCUT2D eigenvalue weighted by Gasteiger charge is -2.33. The number of hydrogen-bond acceptors (Lipinski definition) is 5. The summed E-state index contributed by atoms with van der Waals surface area (Å²) in [6.45, 7) is 8.27. The van der Waals surface area contributed by atoms with E-state index in [9.17, 15) is 4.79 Å². The zero-order valence-electron chi connectivity index (χ0n) is 15.4. The van der Waals surface area contributed by atoms with Crippen molar-refractivity contribution in [2.45, 2.75) is 0 Å². The van der Waals surface area contributed by atoms with E-state index in [2.05, 4.69) is 51.0 Å². The van der Waals surface area contributed by atoms with Crippen molar-refractivity contribution in [3.8, 4) is 0 Å². The molecule has 1 N–H and O–H groups in total. The number of nitrogens with zero attached hydrogens (tertiary/aromatic N) is 4. The molecule has 1 amide bonds. The number of benzene rings is 1. The molecule has 1 aliphatic rings. The van der Waals surface area contributed by atoms with Crippen LogP contribution in [-0.2, 0) is 0 Å². The van der Waals surface area contributed by atoms with Crippen LogP contribution in [0.5, 0.6) is 0 Å². The molecule has 0 unspecified atom stereocenters. The van der Waals surface area contributed by atoms with E-state index in [4.69, 9.17) is 0 Å². The molecular weight excluding hydrogens is 338 g/mol. The molecule has 1 aromatic heterocycles. The molecule has 1 aliphatic heterocycles. The summed E-state index contributed by atoms with van der Waals surface area (Å²) in [4.78, 5) is 25.2. The zero-order valence-corrected chi connectivity index (χ0v) is 15.4. The highest BCUT2D eigenvalue weighted by Crippen LogP contribution is 2.09. The average Bonchev–Trinajstić information content (AvgIpc) is 2.73. The van der Waals surface area contributed by atoms with Crippen LogP contribution in [0.1, 0.15) is 16.1 Å². The van der Waals surface area contributed by atoms with Gasteiger partial charge in [0.2, 0.25) is 0 Å². The molecule has 0 bridgehead atoms. The number of aromatic nitrogens is 2. The molecule has 1 aromatic carbocycles. The SMILES string of the molecule is C=CCNc1cnc(C(=O)N2CCN(C/C=C/c3ccccc3)CC2)cn1. The van der Waals surface area contributed by atoms with Crippen LogP contribution in [0, 0.1) is 0 Å². The third-order valence-electron chi connectivity index (χ3n) is 4.43. The molecule has 0 saturated carbocycles. The fourth-order valence-corrected chi connectivity index (χ4v) is 2.90. The molecule has 3 rings (SSSR count). The lowest BCUT2D eigenvalue weighted by atomic mass is 10.2. The summed E-state index contributed by atoms with van der Waals surface area (Å²) in [5.41, 5.74) is 1.59. The summed E-state index contributed by atoms with van der Waals surface area (Å²) in [7, 11) is 0. The second-order valence-electron chi connectivity index (χ2n) is 6.36. The summed E-state index contributed by atoms with van der Waals surface area (Å²) >= 11 is 0. The largest absolute Gasteiger partial charge is 0.365 e. The van der Waals surface area contributed by atoms with E-state index in [1.54, 1.807) is 12.3 Å². The van der Waals surface area contributed by atoms with Gasteiger partial charge < -0.3 is 10.2 Å². The maximum atomic E-state index is 12.6. The minimum absolute atomic E-state index is 0.0581. The minimum atomic E-state index is -0.0581. The first-order valence-electron chi connectivity index (χ1n) is 9.16. The Morgan fingerprint density at radius 1 is 1.11 bits per heavy atom. The highest BCUT2D eigenvalue weighted by Gasteiger charge is 2.22. The van der Waals surface area contributed by atoms with Crippen LogP contribution in [0.4, 0.5) is 5.82 Å². The maximum Gasteiger partial charge on any atom is 0.274 e. The van der Waals surface area contributed by atoms with Crippen molar-refractivity contribution in [3.63, 3.8) is 0 Å². The van der Waals surface area contributed by atoms with Gasteiger partial charge in [-0.1, -0.05) is 48.6 Å². The lowest BCUT2D eigenvalue weighted by Crippen LogP contribution is -2.48. The van der Waals surface area contributed by atoms with Crippen molar-refractivity contribution in [1.29, 1.82) is 0 Å². The van der Waals surface area contributed by atoms with Gasteiger partial charge >= 0.3 is 0 Å². The summed E-state index contributed by atoms with van der Waals surface area (Å²) in [6.07, 6.45) is 9.17. The Labute approximate surface area is 160 Å². The number of carbonyl (C=O) groups excluding carboxylic acids is 1. The number of hydrogen-bond donors (Lipinski definition) is 1. The number of carbonyl (C=O) groups is 1. The van der Waals surface area contributed by atoms with Gasteiger partial charge in [-0.2, -0.15) is 0 Å². The number of piperazine rings is 1. The van der Waals surface area contributed by atoms with Gasteiger partial charge in [-0.3, -0.25) is 9.69 Å². The fourth-order valence-electron chi connectivity index (χ4n) is 2.90. The van der Waals surface area contributed by atoms with Crippen molar-refractivity contribution in [2.75, 3.05) is 44.6 Å². The highest BCUT2D eigenvalue weighted by molar-refractivity contribution is 5.92. The van der Waals surface area contributed by atoms with Crippen molar-refractivity contribution >= 4 is 17.8 Å². The predicted molar refractivity (Wildman–Crippen MR) is 109 cm³/mol. The molecular formula is C21H25N5O. The Kier molecular flexibility index (Phi) is 6.71. The zero-order chi connectivity index (χ0) is 18.9. The van der Waals surface area contributed by atoms with Crippen molar-refractivity contribution in [3.05, 3.63) is 72.7 Å². The number of anilines is 1. The molecule has 140 valence electrons. The molecule has 0 radical (unpaired) electrons. The van der Waals surface area contributed by atoms with E-state index in [1.165, 1.54) is 11.8 Å². The van der Waals surface area contributed by atoms with Gasteiger partial charge in [0.15, 0.2) is 0 Å². The Bertz CT molecular complexity index is 765. The van der Waals surface area contributed by atoms with Gasteiger partial charge in [0.25, 0.3) is 5.91 Å². The van der Waals surface area contributed by atoms with Crippen LogP contribution in [-0.4, -0.2) is 64.9 Å². The molecule has 1 saturated heterocycles. The predicted octanol–water partition coefficient (Wildman–Crippen LogP) is 2.55. The second kappa shape index (κ2) is 9.64. The summed E-state index contributed by atoms with van der Waals surface area (Å²) in [5, 5.41) is 3.05. The summed E-state index contributed by atoms with van der Waals surface area (Å²) in [6, 6.07) is 10.3. The topological polar surface area (TPSA) is 61.4 Å². The quantitative estimate of drug-likeness (QED) is 0.766. The van der Waals surface area contributed by atoms with E-state index in [0.29, 0.717) is 31.1 Å². The van der Waals surface area contributed by atoms with E-state index in [0.717, 1.165) is 19.6 Å². The van der Waals surface area contributed by atoms with Gasteiger partial charge in [0.1, 0.15) is 11.5 Å². The molecule has 0 spiro atoms. The van der Waals surface area contributed by atoms with Gasteiger partial charge in [-0.05, 0) is 5.56 Å². The molecule has 1 fully saturated rings. The van der Waals surface area contributed by atoms with E-state index in [-0.39, 0.29) is 5.91 Å². The van der Waals surface area contributed by atoms with Crippen molar-refractivity contribution < 1.29 is 4.79 Å². The monoisotopic (exact) mass is 363 g/mol. The van der Waals surface area contributed by atoms with Gasteiger partial charge in [-0.25, -0.2) is 9.97 Å². The normalized spacial score (nSPS) is 15.0. The number of nitrogens with one attached hydrogen (secondary N) is 1. The maximum absolute atomic E-state index is 12.6. The molecule has 6 heteroatoms. The smallest absolute Gasteiger partial charge is 0.274 e. The molecule has 2 aromatic rings. The Morgan fingerprint density at radius 2 is 1.89 bits per heavy atom. The Hall–Kier alpha value is -2.99. The Morgan fingerprint density at radius 3 is 2.56 bits per heavy atom. The first kappa shape index (κ1) is 18.8. The van der Waals surface area contributed by atoms with Crippen LogP contribution in [0.2, 0.25) is 0 Å². The van der Waals surface area contributed by atoms with Crippen LogP contribution in [0.25, 0.3) is 6.08 Å². The summed E-state index contributed by atoms with van der Waals surface area (Å²) < 4.78 is 0. The molecule has 27 heavy (non-hydrogen) atoms. The second-order valence-corrected chi connectivity index (χ2v) is 6.36. The summed E-state index contributed by atoms with van der Waals surface area (Å²) in [5.74, 6) is 0.582. The van der Waals surface area contributed by atoms with Crippen molar-refractivity contribution in [2.24, 2.45) is 0 Å². The van der Waals surface area contributed by atoms with Crippen LogP contribution >= 0.6 is 0 Å². The molecule has 2 heterocycles. The third kappa shape index (κ3) is 5.49. The fraction of sp³-hybridized carbons (Fsp3) is 0.286. The molecule has 0 atom stereocenters. The number of rotatable bonds is 7. The number of amides is 1. The van der Waals surface area contributed by atoms with Crippen LogP contribution in [0.15, 0.2) is 61.5 Å². The molecule has 6 nitrogen and oxygen atoms in total. The van der Waals surface area contributed by atoms with Crippen LogP contribution < -0.4 is 5.32 Å². The van der Waals surface area contributed by atoms with Crippen LogP contribution in [0.3, 0.4) is 0 Å². The Balaban J connectivity index is 1.46.